The van der Waals surface area contributed by atoms with Crippen molar-refractivity contribution in [2.24, 2.45) is 0 Å². The van der Waals surface area contributed by atoms with E-state index in [9.17, 15) is 4.79 Å². The smallest absolute Gasteiger partial charge is 0.252 e. The molecule has 5 rings (SSSR count). The molecule has 1 heterocycles. The average Bonchev–Trinajstić information content (AvgIpc) is 3.58. The first-order chi connectivity index (χ1) is 16.8. The number of para-hydroxylation sites is 1. The number of benzene rings is 3. The fourth-order valence-electron chi connectivity index (χ4n) is 4.74. The van der Waals surface area contributed by atoms with Crippen molar-refractivity contribution in [1.29, 1.82) is 0 Å². The lowest BCUT2D eigenvalue weighted by Crippen LogP contribution is -2.39. The molecular formula is C27H27N5OS. The van der Waals surface area contributed by atoms with Crippen molar-refractivity contribution in [3.05, 3.63) is 102 Å². The maximum atomic E-state index is 13.3. The van der Waals surface area contributed by atoms with E-state index >= 15 is 0 Å². The van der Waals surface area contributed by atoms with Gasteiger partial charge in [-0.1, -0.05) is 73.5 Å². The summed E-state index contributed by atoms with van der Waals surface area (Å²) in [4.78, 5) is 14.2. The van der Waals surface area contributed by atoms with Crippen molar-refractivity contribution in [3.63, 3.8) is 0 Å². The van der Waals surface area contributed by atoms with Crippen molar-refractivity contribution in [1.82, 2.24) is 25.5 Å². The van der Waals surface area contributed by atoms with Gasteiger partial charge in [0.05, 0.1) is 17.0 Å². The van der Waals surface area contributed by atoms with Crippen LogP contribution in [0.3, 0.4) is 0 Å². The highest BCUT2D eigenvalue weighted by atomic mass is 32.2. The van der Waals surface area contributed by atoms with Gasteiger partial charge in [-0.25, -0.2) is 0 Å². The molecule has 172 valence electrons. The topological polar surface area (TPSA) is 72.7 Å². The second kappa shape index (κ2) is 10.2. The van der Waals surface area contributed by atoms with E-state index in [0.717, 1.165) is 29.2 Å². The summed E-state index contributed by atoms with van der Waals surface area (Å²) >= 11 is 1.57. The molecule has 0 bridgehead atoms. The quantitative estimate of drug-likeness (QED) is 0.359. The SMILES string of the molecule is O=C(NCC1(c2ccccc2)CCCC1)c1ccccc1SCc1nnnn1-c1ccccc1. The maximum absolute atomic E-state index is 13.3. The molecule has 0 aliphatic heterocycles. The van der Waals surface area contributed by atoms with Gasteiger partial charge in [-0.15, -0.1) is 16.9 Å². The summed E-state index contributed by atoms with van der Waals surface area (Å²) in [5, 5.41) is 15.4. The summed E-state index contributed by atoms with van der Waals surface area (Å²) in [6.07, 6.45) is 4.62. The Balaban J connectivity index is 1.29. The van der Waals surface area contributed by atoms with Crippen LogP contribution >= 0.6 is 11.8 Å². The Morgan fingerprint density at radius 1 is 0.912 bits per heavy atom. The molecule has 0 unspecified atom stereocenters. The molecule has 3 aromatic carbocycles. The number of aromatic nitrogens is 4. The standard InChI is InChI=1S/C27H27N5OS/c33-26(28-20-27(17-9-10-18-27)21-11-3-1-4-12-21)23-15-7-8-16-24(23)34-19-25-29-30-31-32(25)22-13-5-2-6-14-22/h1-8,11-16H,9-10,17-20H2,(H,28,33). The fraction of sp³-hybridized carbons (Fsp3) is 0.259. The zero-order chi connectivity index (χ0) is 23.2. The number of hydrogen-bond donors (Lipinski definition) is 1. The molecule has 1 aromatic heterocycles. The minimum absolute atomic E-state index is 0.0246. The Morgan fingerprint density at radius 3 is 2.35 bits per heavy atom. The molecule has 0 radical (unpaired) electrons. The first-order valence-corrected chi connectivity index (χ1v) is 12.6. The van der Waals surface area contributed by atoms with Gasteiger partial charge in [0, 0.05) is 16.9 Å². The molecule has 1 fully saturated rings. The van der Waals surface area contributed by atoms with Crippen LogP contribution in [0.2, 0.25) is 0 Å². The van der Waals surface area contributed by atoms with Gasteiger partial charge in [0.1, 0.15) is 0 Å². The third-order valence-corrected chi connectivity index (χ3v) is 7.63. The number of amides is 1. The molecule has 1 N–H and O–H groups in total. The van der Waals surface area contributed by atoms with Gasteiger partial charge in [-0.05, 0) is 53.1 Å². The molecule has 34 heavy (non-hydrogen) atoms. The normalized spacial score (nSPS) is 14.7. The number of thioether (sulfide) groups is 1. The predicted octanol–water partition coefficient (Wildman–Crippen LogP) is 5.20. The van der Waals surface area contributed by atoms with Crippen LogP contribution in [0.15, 0.2) is 89.8 Å². The van der Waals surface area contributed by atoms with E-state index in [-0.39, 0.29) is 11.3 Å². The van der Waals surface area contributed by atoms with Crippen LogP contribution in [0.5, 0.6) is 0 Å². The van der Waals surface area contributed by atoms with Crippen molar-refractivity contribution in [3.8, 4) is 5.69 Å². The monoisotopic (exact) mass is 469 g/mol. The number of carbonyl (C=O) groups excluding carboxylic acids is 1. The summed E-state index contributed by atoms with van der Waals surface area (Å²) in [6, 6.07) is 28.2. The molecule has 1 aliphatic carbocycles. The minimum Gasteiger partial charge on any atom is -0.351 e. The number of tetrazole rings is 1. The zero-order valence-corrected chi connectivity index (χ0v) is 19.7. The minimum atomic E-state index is -0.0343. The maximum Gasteiger partial charge on any atom is 0.252 e. The molecule has 1 aliphatic rings. The molecule has 7 heteroatoms. The van der Waals surface area contributed by atoms with Crippen LogP contribution in [0.4, 0.5) is 0 Å². The first kappa shape index (κ1) is 22.3. The van der Waals surface area contributed by atoms with E-state index in [4.69, 9.17) is 0 Å². The van der Waals surface area contributed by atoms with E-state index in [1.54, 1.807) is 16.4 Å². The molecule has 0 spiro atoms. The van der Waals surface area contributed by atoms with Crippen LogP contribution in [0.25, 0.3) is 5.69 Å². The van der Waals surface area contributed by atoms with E-state index in [1.807, 2.05) is 60.7 Å². The Kier molecular flexibility index (Phi) is 6.72. The Labute approximate surface area is 203 Å². The Morgan fingerprint density at radius 2 is 1.59 bits per heavy atom. The molecule has 1 amide bonds. The van der Waals surface area contributed by atoms with Gasteiger partial charge >= 0.3 is 0 Å². The first-order valence-electron chi connectivity index (χ1n) is 11.6. The van der Waals surface area contributed by atoms with Gasteiger partial charge < -0.3 is 5.32 Å². The fourth-order valence-corrected chi connectivity index (χ4v) is 5.70. The van der Waals surface area contributed by atoms with Crippen molar-refractivity contribution in [2.45, 2.75) is 41.7 Å². The van der Waals surface area contributed by atoms with Gasteiger partial charge in [0.15, 0.2) is 5.82 Å². The molecule has 0 saturated heterocycles. The highest BCUT2D eigenvalue weighted by Crippen LogP contribution is 2.40. The Hall–Kier alpha value is -3.45. The van der Waals surface area contributed by atoms with Crippen LogP contribution < -0.4 is 5.32 Å². The molecule has 1 saturated carbocycles. The largest absolute Gasteiger partial charge is 0.351 e. The van der Waals surface area contributed by atoms with Gasteiger partial charge in [0.25, 0.3) is 5.91 Å². The van der Waals surface area contributed by atoms with Crippen LogP contribution in [0, 0.1) is 0 Å². The average molecular weight is 470 g/mol. The second-order valence-corrected chi connectivity index (χ2v) is 9.68. The van der Waals surface area contributed by atoms with E-state index in [1.165, 1.54) is 18.4 Å². The van der Waals surface area contributed by atoms with E-state index in [0.29, 0.717) is 17.9 Å². The van der Waals surface area contributed by atoms with E-state index < -0.39 is 0 Å². The zero-order valence-electron chi connectivity index (χ0n) is 18.9. The van der Waals surface area contributed by atoms with Crippen molar-refractivity contribution >= 4 is 17.7 Å². The number of rotatable bonds is 8. The van der Waals surface area contributed by atoms with Gasteiger partial charge in [-0.2, -0.15) is 4.68 Å². The third kappa shape index (κ3) is 4.75. The van der Waals surface area contributed by atoms with Crippen LogP contribution in [-0.2, 0) is 11.2 Å². The van der Waals surface area contributed by atoms with Gasteiger partial charge in [-0.3, -0.25) is 4.79 Å². The van der Waals surface area contributed by atoms with Crippen LogP contribution in [-0.4, -0.2) is 32.7 Å². The highest BCUT2D eigenvalue weighted by Gasteiger charge is 2.35. The molecule has 0 atom stereocenters. The Bertz CT molecular complexity index is 1240. The lowest BCUT2D eigenvalue weighted by molar-refractivity contribution is 0.0940. The molecule has 4 aromatic rings. The summed E-state index contributed by atoms with van der Waals surface area (Å²) in [6.45, 7) is 0.654. The summed E-state index contributed by atoms with van der Waals surface area (Å²) in [7, 11) is 0. The lowest BCUT2D eigenvalue weighted by atomic mass is 9.79. The summed E-state index contributed by atoms with van der Waals surface area (Å²) in [5.41, 5.74) is 2.95. The number of hydrogen-bond acceptors (Lipinski definition) is 5. The lowest BCUT2D eigenvalue weighted by Gasteiger charge is -2.30. The molecular weight excluding hydrogens is 442 g/mol. The number of nitrogens with zero attached hydrogens (tertiary/aromatic N) is 4. The van der Waals surface area contributed by atoms with Gasteiger partial charge in [0.2, 0.25) is 0 Å². The molecule has 6 nitrogen and oxygen atoms in total. The summed E-state index contributed by atoms with van der Waals surface area (Å²) < 4.78 is 1.74. The summed E-state index contributed by atoms with van der Waals surface area (Å²) in [5.74, 6) is 1.26. The highest BCUT2D eigenvalue weighted by molar-refractivity contribution is 7.98. The van der Waals surface area contributed by atoms with Crippen molar-refractivity contribution < 1.29 is 4.79 Å². The van der Waals surface area contributed by atoms with E-state index in [2.05, 4.69) is 45.1 Å². The number of carbonyl (C=O) groups is 1. The van der Waals surface area contributed by atoms with Crippen molar-refractivity contribution in [2.75, 3.05) is 6.54 Å². The third-order valence-electron chi connectivity index (χ3n) is 6.56. The number of nitrogens with one attached hydrogen (secondary N) is 1. The second-order valence-electron chi connectivity index (χ2n) is 8.66. The predicted molar refractivity (Wildman–Crippen MR) is 134 cm³/mol. The van der Waals surface area contributed by atoms with Crippen LogP contribution in [0.1, 0.15) is 47.4 Å².